The number of nitrogens with one attached hydrogen (secondary N) is 1. The number of hydrogen-bond acceptors (Lipinski definition) is 6. The Morgan fingerprint density at radius 3 is 2.33 bits per heavy atom. The summed E-state index contributed by atoms with van der Waals surface area (Å²) >= 11 is 5.32. The third-order valence-corrected chi connectivity index (χ3v) is 4.48. The number of thiocarbonyl (C=S) groups is 1. The van der Waals surface area contributed by atoms with Crippen molar-refractivity contribution in [1.29, 1.82) is 0 Å². The first-order valence-corrected chi connectivity index (χ1v) is 8.42. The lowest BCUT2D eigenvalue weighted by molar-refractivity contribution is -0.394. The van der Waals surface area contributed by atoms with Crippen molar-refractivity contribution in [3.63, 3.8) is 0 Å². The number of carbonyl (C=O) groups is 1. The van der Waals surface area contributed by atoms with Gasteiger partial charge in [-0.2, -0.15) is 0 Å². The highest BCUT2D eigenvalue weighted by molar-refractivity contribution is 7.80. The molecule has 3 rings (SSSR count). The summed E-state index contributed by atoms with van der Waals surface area (Å²) < 4.78 is 0. The summed E-state index contributed by atoms with van der Waals surface area (Å²) in [6.45, 7) is 0.616. The molecule has 0 atom stereocenters. The smallest absolute Gasteiger partial charge is 0.277 e. The van der Waals surface area contributed by atoms with Crippen LogP contribution >= 0.6 is 12.2 Å². The Morgan fingerprint density at radius 1 is 1.07 bits per heavy atom. The van der Waals surface area contributed by atoms with Gasteiger partial charge in [0.05, 0.1) is 21.5 Å². The first kappa shape index (κ1) is 18.4. The molecule has 1 aliphatic heterocycles. The number of aryl methyl sites for hydroxylation is 1. The number of nitro groups is 2. The Balaban J connectivity index is 1.85. The number of non-ortho nitro benzene ring substituents is 2. The number of anilines is 1. The zero-order valence-corrected chi connectivity index (χ0v) is 14.8. The minimum absolute atomic E-state index is 0.140. The monoisotopic (exact) mass is 386 g/mol. The zero-order valence-electron chi connectivity index (χ0n) is 14.0. The standard InChI is InChI=1S/C17H14N4O5S/c22-16(12-8-13(20(23)24)10-14(9-12)21(25)26)18-17(27)19-7-3-5-11-4-1-2-6-15(11)19/h1-2,4,6,8-10H,3,5,7H2,(H,18,22,27). The summed E-state index contributed by atoms with van der Waals surface area (Å²) in [5, 5.41) is 24.6. The molecule has 27 heavy (non-hydrogen) atoms. The lowest BCUT2D eigenvalue weighted by Crippen LogP contribution is -2.45. The number of nitrogens with zero attached hydrogens (tertiary/aromatic N) is 3. The predicted molar refractivity (Wildman–Crippen MR) is 102 cm³/mol. The molecule has 138 valence electrons. The van der Waals surface area contributed by atoms with E-state index < -0.39 is 27.1 Å². The van der Waals surface area contributed by atoms with Gasteiger partial charge in [0.1, 0.15) is 0 Å². The molecule has 0 fully saturated rings. The zero-order chi connectivity index (χ0) is 19.6. The van der Waals surface area contributed by atoms with Crippen molar-refractivity contribution in [2.45, 2.75) is 12.8 Å². The van der Waals surface area contributed by atoms with Gasteiger partial charge >= 0.3 is 0 Å². The van der Waals surface area contributed by atoms with Gasteiger partial charge in [-0.05, 0) is 36.7 Å². The van der Waals surface area contributed by atoms with E-state index in [4.69, 9.17) is 12.2 Å². The molecule has 0 saturated heterocycles. The van der Waals surface area contributed by atoms with Crippen molar-refractivity contribution in [2.24, 2.45) is 0 Å². The maximum atomic E-state index is 12.5. The van der Waals surface area contributed by atoms with Crippen LogP contribution in [0.4, 0.5) is 17.1 Å². The number of nitro benzene ring substituents is 2. The van der Waals surface area contributed by atoms with E-state index in [0.29, 0.717) is 6.54 Å². The molecule has 1 heterocycles. The Hall–Kier alpha value is -3.40. The molecule has 2 aromatic rings. The van der Waals surface area contributed by atoms with Crippen LogP contribution in [0.1, 0.15) is 22.3 Å². The first-order chi connectivity index (χ1) is 12.9. The molecular formula is C17H14N4O5S. The predicted octanol–water partition coefficient (Wildman–Crippen LogP) is 2.97. The molecule has 2 aromatic carbocycles. The molecule has 0 aromatic heterocycles. The van der Waals surface area contributed by atoms with Gasteiger partial charge in [0.25, 0.3) is 17.3 Å². The molecular weight excluding hydrogens is 372 g/mol. The summed E-state index contributed by atoms with van der Waals surface area (Å²) in [5.41, 5.74) is 0.709. The quantitative estimate of drug-likeness (QED) is 0.489. The Labute approximate surface area is 158 Å². The van der Waals surface area contributed by atoms with Crippen molar-refractivity contribution < 1.29 is 14.6 Å². The Kier molecular flexibility index (Phi) is 5.08. The van der Waals surface area contributed by atoms with Gasteiger partial charge in [-0.1, -0.05) is 18.2 Å². The molecule has 1 N–H and O–H groups in total. The van der Waals surface area contributed by atoms with Crippen LogP contribution in [0.2, 0.25) is 0 Å². The number of benzene rings is 2. The lowest BCUT2D eigenvalue weighted by atomic mass is 10.0. The molecule has 0 saturated carbocycles. The van der Waals surface area contributed by atoms with Crippen molar-refractivity contribution in [3.8, 4) is 0 Å². The van der Waals surface area contributed by atoms with Gasteiger partial charge < -0.3 is 4.90 Å². The molecule has 0 unspecified atom stereocenters. The Morgan fingerprint density at radius 2 is 1.70 bits per heavy atom. The van der Waals surface area contributed by atoms with Crippen LogP contribution in [0, 0.1) is 20.2 Å². The topological polar surface area (TPSA) is 119 Å². The molecule has 1 aliphatic rings. The average Bonchev–Trinajstić information content (AvgIpc) is 2.66. The summed E-state index contributed by atoms with van der Waals surface area (Å²) in [4.78, 5) is 34.6. The number of hydrogen-bond donors (Lipinski definition) is 1. The molecule has 1 amide bonds. The summed E-state index contributed by atoms with van der Waals surface area (Å²) in [6, 6.07) is 10.4. The molecule has 0 radical (unpaired) electrons. The maximum absolute atomic E-state index is 12.5. The van der Waals surface area contributed by atoms with E-state index in [0.717, 1.165) is 42.3 Å². The van der Waals surface area contributed by atoms with E-state index in [9.17, 15) is 25.0 Å². The van der Waals surface area contributed by atoms with Crippen LogP contribution in [0.5, 0.6) is 0 Å². The second kappa shape index (κ2) is 7.46. The average molecular weight is 386 g/mol. The summed E-state index contributed by atoms with van der Waals surface area (Å²) in [6.07, 6.45) is 1.76. The van der Waals surface area contributed by atoms with Crippen LogP contribution < -0.4 is 10.2 Å². The molecule has 0 aliphatic carbocycles. The molecule has 0 bridgehead atoms. The lowest BCUT2D eigenvalue weighted by Gasteiger charge is -2.31. The first-order valence-electron chi connectivity index (χ1n) is 8.01. The van der Waals surface area contributed by atoms with Crippen LogP contribution in [0.3, 0.4) is 0 Å². The molecule has 9 nitrogen and oxygen atoms in total. The maximum Gasteiger partial charge on any atom is 0.277 e. The SMILES string of the molecule is O=C(NC(=S)N1CCCc2ccccc21)c1cc([N+](=O)[O-])cc([N+](=O)[O-])c1. The highest BCUT2D eigenvalue weighted by Gasteiger charge is 2.24. The van der Waals surface area contributed by atoms with E-state index in [1.807, 2.05) is 24.3 Å². The van der Waals surface area contributed by atoms with Crippen LogP contribution in [-0.2, 0) is 6.42 Å². The minimum Gasteiger partial charge on any atom is -0.318 e. The largest absolute Gasteiger partial charge is 0.318 e. The minimum atomic E-state index is -0.789. The van der Waals surface area contributed by atoms with E-state index in [2.05, 4.69) is 5.32 Å². The number of carbonyl (C=O) groups excluding carboxylic acids is 1. The Bertz CT molecular complexity index is 930. The number of para-hydroxylation sites is 1. The second-order valence-corrected chi connectivity index (χ2v) is 6.28. The van der Waals surface area contributed by atoms with E-state index >= 15 is 0 Å². The van der Waals surface area contributed by atoms with Crippen molar-refractivity contribution in [1.82, 2.24) is 5.32 Å². The number of amides is 1. The third kappa shape index (κ3) is 3.90. The molecule has 10 heteroatoms. The van der Waals surface area contributed by atoms with E-state index in [1.165, 1.54) is 0 Å². The summed E-state index contributed by atoms with van der Waals surface area (Å²) in [7, 11) is 0. The van der Waals surface area contributed by atoms with E-state index in [1.54, 1.807) is 4.90 Å². The van der Waals surface area contributed by atoms with Gasteiger partial charge in [0, 0.05) is 24.4 Å². The van der Waals surface area contributed by atoms with Crippen LogP contribution in [-0.4, -0.2) is 27.4 Å². The second-order valence-electron chi connectivity index (χ2n) is 5.90. The fourth-order valence-corrected chi connectivity index (χ4v) is 3.20. The van der Waals surface area contributed by atoms with Crippen molar-refractivity contribution in [3.05, 3.63) is 73.8 Å². The van der Waals surface area contributed by atoms with Crippen LogP contribution in [0.25, 0.3) is 0 Å². The summed E-state index contributed by atoms with van der Waals surface area (Å²) in [5.74, 6) is -0.741. The molecule has 0 spiro atoms. The van der Waals surface area contributed by atoms with Crippen molar-refractivity contribution >= 4 is 40.3 Å². The van der Waals surface area contributed by atoms with Gasteiger partial charge in [0.15, 0.2) is 5.11 Å². The van der Waals surface area contributed by atoms with Gasteiger partial charge in [0.2, 0.25) is 0 Å². The van der Waals surface area contributed by atoms with Gasteiger partial charge in [-0.25, -0.2) is 0 Å². The van der Waals surface area contributed by atoms with Crippen LogP contribution in [0.15, 0.2) is 42.5 Å². The van der Waals surface area contributed by atoms with Gasteiger partial charge in [-0.15, -0.1) is 0 Å². The fraction of sp³-hybridized carbons (Fsp3) is 0.176. The normalized spacial score (nSPS) is 12.8. The van der Waals surface area contributed by atoms with Crippen molar-refractivity contribution in [2.75, 3.05) is 11.4 Å². The van der Waals surface area contributed by atoms with Gasteiger partial charge in [-0.3, -0.25) is 30.3 Å². The fourth-order valence-electron chi connectivity index (χ4n) is 2.92. The highest BCUT2D eigenvalue weighted by Crippen LogP contribution is 2.27. The third-order valence-electron chi connectivity index (χ3n) is 4.16. The van der Waals surface area contributed by atoms with E-state index in [-0.39, 0.29) is 10.7 Å². The number of rotatable bonds is 3. The number of fused-ring (bicyclic) bond motifs is 1. The highest BCUT2D eigenvalue weighted by atomic mass is 32.1.